The lowest BCUT2D eigenvalue weighted by molar-refractivity contribution is -0.116. The van der Waals surface area contributed by atoms with E-state index in [9.17, 15) is 4.79 Å². The zero-order valence-electron chi connectivity index (χ0n) is 19.8. The quantitative estimate of drug-likeness (QED) is 0.193. The molecule has 0 aliphatic carbocycles. The number of carbonyl (C=O) groups excluding carboxylic acids is 1. The SMILES string of the molecule is CCNC(=NCc1cccc(NC(=O)Cn2cccn2)c1)NCC(C)Oc1cccc(C)c1.I. The highest BCUT2D eigenvalue weighted by Gasteiger charge is 2.07. The zero-order chi connectivity index (χ0) is 23.5. The smallest absolute Gasteiger partial charge is 0.246 e. The van der Waals surface area contributed by atoms with Gasteiger partial charge in [0.2, 0.25) is 5.91 Å². The van der Waals surface area contributed by atoms with E-state index < -0.39 is 0 Å². The standard InChI is InChI=1S/C25H32N6O2.HI/c1-4-26-25(27-16-20(3)33-23-11-5-8-19(2)14-23)28-17-21-9-6-10-22(15-21)30-24(32)18-31-13-7-12-29-31;/h5-15,20H,4,16-18H2,1-3H3,(H,30,32)(H2,26,27,28);1H. The molecule has 0 fully saturated rings. The molecule has 3 N–H and O–H groups in total. The van der Waals surface area contributed by atoms with Crippen LogP contribution in [-0.4, -0.2) is 40.8 Å². The fraction of sp³-hybridized carbons (Fsp3) is 0.320. The molecular formula is C25H33IN6O2. The highest BCUT2D eigenvalue weighted by molar-refractivity contribution is 14.0. The summed E-state index contributed by atoms with van der Waals surface area (Å²) in [6, 6.07) is 17.5. The molecule has 0 bridgehead atoms. The number of aryl methyl sites for hydroxylation is 1. The van der Waals surface area contributed by atoms with Crippen LogP contribution in [0.5, 0.6) is 5.75 Å². The molecule has 3 rings (SSSR count). The highest BCUT2D eigenvalue weighted by atomic mass is 127. The van der Waals surface area contributed by atoms with Crippen molar-refractivity contribution in [2.45, 2.75) is 40.0 Å². The molecule has 0 radical (unpaired) electrons. The van der Waals surface area contributed by atoms with Gasteiger partial charge >= 0.3 is 0 Å². The lowest BCUT2D eigenvalue weighted by atomic mass is 10.2. The number of amides is 1. The first-order valence-corrected chi connectivity index (χ1v) is 11.1. The van der Waals surface area contributed by atoms with Crippen LogP contribution in [0, 0.1) is 6.92 Å². The maximum Gasteiger partial charge on any atom is 0.246 e. The molecule has 9 heteroatoms. The van der Waals surface area contributed by atoms with Crippen molar-refractivity contribution in [2.75, 3.05) is 18.4 Å². The predicted octanol–water partition coefficient (Wildman–Crippen LogP) is 3.97. The molecule has 1 aromatic heterocycles. The number of anilines is 1. The van der Waals surface area contributed by atoms with E-state index in [1.807, 2.05) is 69.3 Å². The third-order valence-corrected chi connectivity index (χ3v) is 4.72. The van der Waals surface area contributed by atoms with Crippen molar-refractivity contribution in [3.63, 3.8) is 0 Å². The van der Waals surface area contributed by atoms with Gasteiger partial charge in [-0.05, 0) is 62.2 Å². The molecule has 0 saturated heterocycles. The number of carbonyl (C=O) groups is 1. The van der Waals surface area contributed by atoms with Crippen LogP contribution in [0.15, 0.2) is 72.0 Å². The molecule has 2 aromatic carbocycles. The largest absolute Gasteiger partial charge is 0.489 e. The van der Waals surface area contributed by atoms with Crippen molar-refractivity contribution in [3.8, 4) is 5.75 Å². The van der Waals surface area contributed by atoms with Crippen LogP contribution in [0.2, 0.25) is 0 Å². The Morgan fingerprint density at radius 1 is 1.15 bits per heavy atom. The molecule has 1 unspecified atom stereocenters. The summed E-state index contributed by atoms with van der Waals surface area (Å²) in [6.07, 6.45) is 3.38. The Kier molecular flexibility index (Phi) is 11.4. The van der Waals surface area contributed by atoms with Gasteiger partial charge in [0.05, 0.1) is 13.1 Å². The van der Waals surface area contributed by atoms with Gasteiger partial charge in [-0.25, -0.2) is 4.99 Å². The van der Waals surface area contributed by atoms with E-state index in [0.29, 0.717) is 19.0 Å². The van der Waals surface area contributed by atoms with E-state index in [4.69, 9.17) is 4.74 Å². The summed E-state index contributed by atoms with van der Waals surface area (Å²) in [6.45, 7) is 8.11. The number of aromatic nitrogens is 2. The lowest BCUT2D eigenvalue weighted by Crippen LogP contribution is -2.41. The molecule has 3 aromatic rings. The number of nitrogens with one attached hydrogen (secondary N) is 3. The summed E-state index contributed by atoms with van der Waals surface area (Å²) >= 11 is 0. The van der Waals surface area contributed by atoms with Gasteiger partial charge < -0.3 is 20.7 Å². The van der Waals surface area contributed by atoms with Gasteiger partial charge in [0.15, 0.2) is 5.96 Å². The number of ether oxygens (including phenoxy) is 1. The van der Waals surface area contributed by atoms with Crippen molar-refractivity contribution < 1.29 is 9.53 Å². The molecule has 182 valence electrons. The second-order valence-corrected chi connectivity index (χ2v) is 7.77. The van der Waals surface area contributed by atoms with E-state index in [0.717, 1.165) is 23.5 Å². The van der Waals surface area contributed by atoms with Gasteiger partial charge in [-0.3, -0.25) is 9.48 Å². The Morgan fingerprint density at radius 3 is 2.71 bits per heavy atom. The zero-order valence-corrected chi connectivity index (χ0v) is 22.2. The number of hydrogen-bond acceptors (Lipinski definition) is 4. The van der Waals surface area contributed by atoms with Crippen molar-refractivity contribution in [3.05, 3.63) is 78.1 Å². The Labute approximate surface area is 218 Å². The van der Waals surface area contributed by atoms with Crippen molar-refractivity contribution in [2.24, 2.45) is 4.99 Å². The van der Waals surface area contributed by atoms with Crippen LogP contribution in [0.1, 0.15) is 25.0 Å². The fourth-order valence-electron chi connectivity index (χ4n) is 3.20. The maximum absolute atomic E-state index is 12.2. The average Bonchev–Trinajstić information content (AvgIpc) is 3.29. The third-order valence-electron chi connectivity index (χ3n) is 4.72. The fourth-order valence-corrected chi connectivity index (χ4v) is 3.20. The van der Waals surface area contributed by atoms with Gasteiger partial charge in [-0.1, -0.05) is 24.3 Å². The van der Waals surface area contributed by atoms with Gasteiger partial charge in [-0.2, -0.15) is 5.10 Å². The first kappa shape index (κ1) is 27.2. The minimum absolute atomic E-state index is 0. The number of nitrogens with zero attached hydrogens (tertiary/aromatic N) is 3. The number of rotatable bonds is 10. The number of halogens is 1. The monoisotopic (exact) mass is 576 g/mol. The molecule has 1 amide bonds. The minimum atomic E-state index is -0.128. The molecule has 8 nitrogen and oxygen atoms in total. The summed E-state index contributed by atoms with van der Waals surface area (Å²) in [5, 5.41) is 13.5. The van der Waals surface area contributed by atoms with E-state index in [1.54, 1.807) is 23.1 Å². The minimum Gasteiger partial charge on any atom is -0.489 e. The van der Waals surface area contributed by atoms with Crippen LogP contribution in [-0.2, 0) is 17.9 Å². The second-order valence-electron chi connectivity index (χ2n) is 7.77. The molecule has 0 aliphatic rings. The molecular weight excluding hydrogens is 543 g/mol. The van der Waals surface area contributed by atoms with Crippen LogP contribution in [0.25, 0.3) is 0 Å². The highest BCUT2D eigenvalue weighted by Crippen LogP contribution is 2.14. The molecule has 0 saturated carbocycles. The normalized spacial score (nSPS) is 11.8. The predicted molar refractivity (Wildman–Crippen MR) is 147 cm³/mol. The molecule has 0 spiro atoms. The lowest BCUT2D eigenvalue weighted by Gasteiger charge is -2.18. The first-order chi connectivity index (χ1) is 16.0. The van der Waals surface area contributed by atoms with E-state index in [1.165, 1.54) is 5.56 Å². The summed E-state index contributed by atoms with van der Waals surface area (Å²) in [5.41, 5.74) is 2.90. The van der Waals surface area contributed by atoms with Crippen LogP contribution >= 0.6 is 24.0 Å². The van der Waals surface area contributed by atoms with Gasteiger partial charge in [0.1, 0.15) is 18.4 Å². The molecule has 34 heavy (non-hydrogen) atoms. The number of benzene rings is 2. The van der Waals surface area contributed by atoms with Crippen LogP contribution < -0.4 is 20.7 Å². The molecule has 0 aliphatic heterocycles. The van der Waals surface area contributed by atoms with Crippen LogP contribution in [0.4, 0.5) is 5.69 Å². The number of aliphatic imine (C=N–C) groups is 1. The second kappa shape index (κ2) is 14.2. The maximum atomic E-state index is 12.2. The summed E-state index contributed by atoms with van der Waals surface area (Å²) in [7, 11) is 0. The van der Waals surface area contributed by atoms with E-state index in [-0.39, 0.29) is 42.5 Å². The van der Waals surface area contributed by atoms with Crippen molar-refractivity contribution in [1.29, 1.82) is 0 Å². The van der Waals surface area contributed by atoms with E-state index >= 15 is 0 Å². The molecule has 1 atom stereocenters. The van der Waals surface area contributed by atoms with Crippen molar-refractivity contribution >= 4 is 41.5 Å². The topological polar surface area (TPSA) is 92.6 Å². The van der Waals surface area contributed by atoms with Crippen molar-refractivity contribution in [1.82, 2.24) is 20.4 Å². The summed E-state index contributed by atoms with van der Waals surface area (Å²) in [5.74, 6) is 1.44. The third kappa shape index (κ3) is 9.42. The van der Waals surface area contributed by atoms with Gasteiger partial charge in [0, 0.05) is 24.6 Å². The number of guanidine groups is 1. The average molecular weight is 576 g/mol. The van der Waals surface area contributed by atoms with Gasteiger partial charge in [-0.15, -0.1) is 24.0 Å². The van der Waals surface area contributed by atoms with Gasteiger partial charge in [0.25, 0.3) is 0 Å². The van der Waals surface area contributed by atoms with E-state index in [2.05, 4.69) is 26.0 Å². The Bertz CT molecular complexity index is 1060. The summed E-state index contributed by atoms with van der Waals surface area (Å²) < 4.78 is 7.57. The number of hydrogen-bond donors (Lipinski definition) is 3. The summed E-state index contributed by atoms with van der Waals surface area (Å²) in [4.78, 5) is 16.9. The first-order valence-electron chi connectivity index (χ1n) is 11.1. The Balaban J connectivity index is 0.00000408. The Hall–Kier alpha value is -3.08. The Morgan fingerprint density at radius 2 is 1.97 bits per heavy atom. The van der Waals surface area contributed by atoms with Crippen LogP contribution in [0.3, 0.4) is 0 Å². The molecule has 1 heterocycles.